The van der Waals surface area contributed by atoms with Crippen molar-refractivity contribution in [3.63, 3.8) is 0 Å². The standard InChI is InChI=1S/C14H17N3O3/c1-2-20-12(18)8-11-13(15)16-14(19)17(11)9-10-6-4-3-5-7-10/h3-7,11H,2,8-9H2,1H3,(H2,15,16,19). The van der Waals surface area contributed by atoms with E-state index in [0.717, 1.165) is 5.56 Å². The fourth-order valence-corrected chi connectivity index (χ4v) is 2.12. The maximum Gasteiger partial charge on any atom is 0.323 e. The van der Waals surface area contributed by atoms with Crippen LogP contribution in [0.15, 0.2) is 30.3 Å². The zero-order chi connectivity index (χ0) is 14.5. The van der Waals surface area contributed by atoms with Gasteiger partial charge in [0.15, 0.2) is 0 Å². The monoisotopic (exact) mass is 275 g/mol. The largest absolute Gasteiger partial charge is 0.466 e. The molecule has 6 heteroatoms. The van der Waals surface area contributed by atoms with Gasteiger partial charge >= 0.3 is 12.0 Å². The Hall–Kier alpha value is -2.37. The average Bonchev–Trinajstić information content (AvgIpc) is 2.67. The number of amides is 2. The molecule has 1 unspecified atom stereocenters. The van der Waals surface area contributed by atoms with Gasteiger partial charge in [-0.15, -0.1) is 0 Å². The summed E-state index contributed by atoms with van der Waals surface area (Å²) >= 11 is 0. The molecule has 1 aromatic carbocycles. The van der Waals surface area contributed by atoms with E-state index in [0.29, 0.717) is 13.2 Å². The van der Waals surface area contributed by atoms with Crippen molar-refractivity contribution in [1.82, 2.24) is 10.2 Å². The van der Waals surface area contributed by atoms with Gasteiger partial charge in [-0.2, -0.15) is 0 Å². The van der Waals surface area contributed by atoms with Gasteiger partial charge < -0.3 is 9.64 Å². The minimum atomic E-state index is -0.582. The summed E-state index contributed by atoms with van der Waals surface area (Å²) < 4.78 is 4.88. The second-order valence-electron chi connectivity index (χ2n) is 4.48. The maximum atomic E-state index is 11.9. The Kier molecular flexibility index (Phi) is 4.34. The normalized spacial score (nSPS) is 18.1. The van der Waals surface area contributed by atoms with Crippen molar-refractivity contribution in [3.8, 4) is 0 Å². The van der Waals surface area contributed by atoms with Crippen molar-refractivity contribution in [3.05, 3.63) is 35.9 Å². The summed E-state index contributed by atoms with van der Waals surface area (Å²) in [6.45, 7) is 2.38. The van der Waals surface area contributed by atoms with E-state index in [2.05, 4.69) is 5.32 Å². The average molecular weight is 275 g/mol. The van der Waals surface area contributed by atoms with Gasteiger partial charge in [0.25, 0.3) is 0 Å². The van der Waals surface area contributed by atoms with E-state index >= 15 is 0 Å². The predicted octanol–water partition coefficient (Wildman–Crippen LogP) is 1.51. The number of carbonyl (C=O) groups is 2. The molecular formula is C14H17N3O3. The third kappa shape index (κ3) is 3.14. The van der Waals surface area contributed by atoms with Gasteiger partial charge in [0.2, 0.25) is 0 Å². The highest BCUT2D eigenvalue weighted by atomic mass is 16.5. The topological polar surface area (TPSA) is 82.5 Å². The number of benzene rings is 1. The Morgan fingerprint density at radius 2 is 2.10 bits per heavy atom. The van der Waals surface area contributed by atoms with E-state index in [4.69, 9.17) is 10.1 Å². The van der Waals surface area contributed by atoms with Crippen molar-refractivity contribution in [2.24, 2.45) is 0 Å². The number of rotatable bonds is 5. The van der Waals surface area contributed by atoms with E-state index in [-0.39, 0.29) is 18.3 Å². The highest BCUT2D eigenvalue weighted by molar-refractivity contribution is 6.06. The molecule has 2 N–H and O–H groups in total. The molecule has 1 aromatic rings. The summed E-state index contributed by atoms with van der Waals surface area (Å²) in [5.74, 6) is -0.365. The van der Waals surface area contributed by atoms with Crippen LogP contribution < -0.4 is 5.32 Å². The smallest absolute Gasteiger partial charge is 0.323 e. The molecule has 1 heterocycles. The van der Waals surface area contributed by atoms with E-state index in [1.165, 1.54) is 4.90 Å². The number of esters is 1. The Labute approximate surface area is 117 Å². The third-order valence-electron chi connectivity index (χ3n) is 3.07. The van der Waals surface area contributed by atoms with E-state index in [1.54, 1.807) is 6.92 Å². The van der Waals surface area contributed by atoms with Crippen molar-refractivity contribution in [2.45, 2.75) is 25.9 Å². The molecule has 6 nitrogen and oxygen atoms in total. The molecule has 0 spiro atoms. The highest BCUT2D eigenvalue weighted by Gasteiger charge is 2.37. The Morgan fingerprint density at radius 3 is 2.75 bits per heavy atom. The van der Waals surface area contributed by atoms with Crippen LogP contribution in [0.25, 0.3) is 0 Å². The molecule has 0 radical (unpaired) electrons. The lowest BCUT2D eigenvalue weighted by Crippen LogP contribution is -2.36. The first-order chi connectivity index (χ1) is 9.61. The first-order valence-electron chi connectivity index (χ1n) is 6.47. The summed E-state index contributed by atoms with van der Waals surface area (Å²) in [7, 11) is 0. The molecule has 0 saturated carbocycles. The minimum absolute atomic E-state index is 0.00174. The molecule has 0 aliphatic carbocycles. The van der Waals surface area contributed by atoms with Crippen LogP contribution in [0.3, 0.4) is 0 Å². The number of ether oxygens (including phenoxy) is 1. The van der Waals surface area contributed by atoms with Crippen LogP contribution in [-0.4, -0.2) is 35.4 Å². The maximum absolute atomic E-state index is 11.9. The van der Waals surface area contributed by atoms with Gasteiger partial charge in [0.1, 0.15) is 11.9 Å². The van der Waals surface area contributed by atoms with Gasteiger partial charge in [0, 0.05) is 6.54 Å². The SMILES string of the molecule is CCOC(=O)CC1C(=N)NC(=O)N1Cc1ccccc1. The zero-order valence-corrected chi connectivity index (χ0v) is 11.3. The predicted molar refractivity (Wildman–Crippen MR) is 73.3 cm³/mol. The van der Waals surface area contributed by atoms with Crippen molar-refractivity contribution in [2.75, 3.05) is 6.61 Å². The molecule has 2 amide bonds. The fraction of sp³-hybridized carbons (Fsp3) is 0.357. The van der Waals surface area contributed by atoms with Crippen LogP contribution in [0.4, 0.5) is 4.79 Å². The fourth-order valence-electron chi connectivity index (χ4n) is 2.12. The quantitative estimate of drug-likeness (QED) is 0.799. The molecule has 1 aliphatic heterocycles. The lowest BCUT2D eigenvalue weighted by molar-refractivity contribution is -0.143. The summed E-state index contributed by atoms with van der Waals surface area (Å²) in [4.78, 5) is 24.9. The molecule has 0 aromatic heterocycles. The van der Waals surface area contributed by atoms with Crippen molar-refractivity contribution in [1.29, 1.82) is 5.41 Å². The highest BCUT2D eigenvalue weighted by Crippen LogP contribution is 2.17. The van der Waals surface area contributed by atoms with E-state index < -0.39 is 12.0 Å². The summed E-state index contributed by atoms with van der Waals surface area (Å²) in [6, 6.07) is 8.53. The molecular weight excluding hydrogens is 258 g/mol. The number of amidine groups is 1. The molecule has 20 heavy (non-hydrogen) atoms. The summed E-state index contributed by atoms with van der Waals surface area (Å²) in [6.07, 6.45) is -0.00174. The first-order valence-corrected chi connectivity index (χ1v) is 6.47. The number of nitrogens with one attached hydrogen (secondary N) is 2. The van der Waals surface area contributed by atoms with Crippen LogP contribution in [0.2, 0.25) is 0 Å². The van der Waals surface area contributed by atoms with Crippen molar-refractivity contribution >= 4 is 17.8 Å². The van der Waals surface area contributed by atoms with Gasteiger partial charge in [-0.1, -0.05) is 30.3 Å². The number of hydrogen-bond donors (Lipinski definition) is 2. The van der Waals surface area contributed by atoms with E-state index in [9.17, 15) is 9.59 Å². The molecule has 0 bridgehead atoms. The lowest BCUT2D eigenvalue weighted by Gasteiger charge is -2.22. The van der Waals surface area contributed by atoms with Crippen LogP contribution in [0.1, 0.15) is 18.9 Å². The summed E-state index contributed by atoms with van der Waals surface area (Å²) in [5, 5.41) is 10.2. The van der Waals surface area contributed by atoms with E-state index in [1.807, 2.05) is 30.3 Å². The minimum Gasteiger partial charge on any atom is -0.466 e. The van der Waals surface area contributed by atoms with Crippen LogP contribution in [0, 0.1) is 5.41 Å². The van der Waals surface area contributed by atoms with Gasteiger partial charge in [-0.05, 0) is 12.5 Å². The number of nitrogens with zero attached hydrogens (tertiary/aromatic N) is 1. The molecule has 106 valence electrons. The molecule has 2 rings (SSSR count). The number of urea groups is 1. The van der Waals surface area contributed by atoms with Crippen LogP contribution in [0.5, 0.6) is 0 Å². The Bertz CT molecular complexity index is 516. The van der Waals surface area contributed by atoms with Crippen LogP contribution >= 0.6 is 0 Å². The first kappa shape index (κ1) is 14.0. The third-order valence-corrected chi connectivity index (χ3v) is 3.07. The van der Waals surface area contributed by atoms with Gasteiger partial charge in [0.05, 0.1) is 13.0 Å². The molecule has 1 saturated heterocycles. The Balaban J connectivity index is 2.09. The zero-order valence-electron chi connectivity index (χ0n) is 11.3. The molecule has 1 atom stereocenters. The van der Waals surface area contributed by atoms with Crippen LogP contribution in [-0.2, 0) is 16.1 Å². The Morgan fingerprint density at radius 1 is 1.40 bits per heavy atom. The summed E-state index contributed by atoms with van der Waals surface area (Å²) in [5.41, 5.74) is 0.950. The number of carbonyl (C=O) groups excluding carboxylic acids is 2. The second-order valence-corrected chi connectivity index (χ2v) is 4.48. The van der Waals surface area contributed by atoms with Gasteiger partial charge in [-0.3, -0.25) is 15.5 Å². The molecule has 1 aliphatic rings. The second kappa shape index (κ2) is 6.18. The number of hydrogen-bond acceptors (Lipinski definition) is 4. The lowest BCUT2D eigenvalue weighted by atomic mass is 10.1. The molecule has 1 fully saturated rings. The van der Waals surface area contributed by atoms with Crippen molar-refractivity contribution < 1.29 is 14.3 Å². The van der Waals surface area contributed by atoms with Gasteiger partial charge in [-0.25, -0.2) is 4.79 Å².